The molecule has 1 atom stereocenters. The van der Waals surface area contributed by atoms with Crippen molar-refractivity contribution in [2.45, 2.75) is 12.5 Å². The molecule has 0 saturated carbocycles. The maximum atomic E-state index is 9.18. The second-order valence-electron chi connectivity index (χ2n) is 4.26. The van der Waals surface area contributed by atoms with Crippen molar-refractivity contribution in [1.82, 2.24) is 5.32 Å². The molecular formula is C15H19NO2. The fraction of sp³-hybridized carbons (Fsp3) is 0.333. The number of hydrogen-bond donors (Lipinski definition) is 2. The molecule has 18 heavy (non-hydrogen) atoms. The monoisotopic (exact) mass is 245 g/mol. The quantitative estimate of drug-likeness (QED) is 0.850. The Bertz CT molecular complexity index is 525. The Morgan fingerprint density at radius 3 is 2.67 bits per heavy atom. The lowest BCUT2D eigenvalue weighted by Gasteiger charge is -2.20. The van der Waals surface area contributed by atoms with Gasteiger partial charge in [-0.1, -0.05) is 30.3 Å². The molecule has 0 amide bonds. The van der Waals surface area contributed by atoms with Crippen molar-refractivity contribution in [2.24, 2.45) is 0 Å². The van der Waals surface area contributed by atoms with Crippen LogP contribution in [0.1, 0.15) is 18.0 Å². The zero-order valence-electron chi connectivity index (χ0n) is 10.8. The minimum atomic E-state index is 0.0936. The summed E-state index contributed by atoms with van der Waals surface area (Å²) in [5.41, 5.74) is 1.12. The van der Waals surface area contributed by atoms with Crippen LogP contribution in [0.5, 0.6) is 5.75 Å². The summed E-state index contributed by atoms with van der Waals surface area (Å²) in [4.78, 5) is 0. The van der Waals surface area contributed by atoms with Crippen LogP contribution in [-0.4, -0.2) is 25.9 Å². The van der Waals surface area contributed by atoms with E-state index in [1.807, 2.05) is 25.2 Å². The Morgan fingerprint density at radius 2 is 2.00 bits per heavy atom. The average Bonchev–Trinajstić information content (AvgIpc) is 2.43. The van der Waals surface area contributed by atoms with E-state index in [0.29, 0.717) is 6.42 Å². The van der Waals surface area contributed by atoms with Crippen LogP contribution < -0.4 is 10.1 Å². The highest BCUT2D eigenvalue weighted by Gasteiger charge is 2.17. The smallest absolute Gasteiger partial charge is 0.124 e. The van der Waals surface area contributed by atoms with E-state index in [2.05, 4.69) is 23.5 Å². The van der Waals surface area contributed by atoms with Crippen molar-refractivity contribution >= 4 is 10.8 Å². The summed E-state index contributed by atoms with van der Waals surface area (Å²) < 4.78 is 5.46. The first kappa shape index (κ1) is 12.9. The number of nitrogens with one attached hydrogen (secondary N) is 1. The fourth-order valence-corrected chi connectivity index (χ4v) is 2.38. The number of benzene rings is 2. The predicted octanol–water partition coefficient (Wildman–Crippen LogP) is 2.49. The summed E-state index contributed by atoms with van der Waals surface area (Å²) in [5, 5.41) is 14.8. The summed E-state index contributed by atoms with van der Waals surface area (Å²) in [7, 11) is 3.58. The van der Waals surface area contributed by atoms with E-state index in [-0.39, 0.29) is 12.6 Å². The van der Waals surface area contributed by atoms with Gasteiger partial charge in [-0.2, -0.15) is 0 Å². The van der Waals surface area contributed by atoms with E-state index in [1.54, 1.807) is 7.11 Å². The van der Waals surface area contributed by atoms with Gasteiger partial charge in [-0.15, -0.1) is 0 Å². The van der Waals surface area contributed by atoms with Gasteiger partial charge in [-0.25, -0.2) is 0 Å². The molecule has 0 aliphatic carbocycles. The molecule has 0 aliphatic rings. The first-order valence-electron chi connectivity index (χ1n) is 6.15. The SMILES string of the molecule is CNC(CCO)c1c(OC)ccc2ccccc12. The second-order valence-corrected chi connectivity index (χ2v) is 4.26. The zero-order valence-corrected chi connectivity index (χ0v) is 10.8. The summed E-state index contributed by atoms with van der Waals surface area (Å²) in [5.74, 6) is 0.863. The van der Waals surface area contributed by atoms with Gasteiger partial charge in [-0.3, -0.25) is 0 Å². The van der Waals surface area contributed by atoms with Gasteiger partial charge in [0.25, 0.3) is 0 Å². The number of aliphatic hydroxyl groups is 1. The normalized spacial score (nSPS) is 12.6. The van der Waals surface area contributed by atoms with E-state index in [1.165, 1.54) is 10.8 Å². The Balaban J connectivity index is 2.63. The maximum absolute atomic E-state index is 9.18. The molecule has 0 aliphatic heterocycles. The Hall–Kier alpha value is -1.58. The van der Waals surface area contributed by atoms with Crippen LogP contribution in [0.4, 0.5) is 0 Å². The molecule has 0 saturated heterocycles. The molecule has 2 aromatic carbocycles. The number of aliphatic hydroxyl groups excluding tert-OH is 1. The van der Waals surface area contributed by atoms with Gasteiger partial charge >= 0.3 is 0 Å². The largest absolute Gasteiger partial charge is 0.496 e. The van der Waals surface area contributed by atoms with E-state index in [9.17, 15) is 5.11 Å². The van der Waals surface area contributed by atoms with Crippen molar-refractivity contribution < 1.29 is 9.84 Å². The molecule has 0 aromatic heterocycles. The maximum Gasteiger partial charge on any atom is 0.124 e. The highest BCUT2D eigenvalue weighted by Crippen LogP contribution is 2.34. The van der Waals surface area contributed by atoms with Crippen molar-refractivity contribution in [3.63, 3.8) is 0 Å². The molecule has 2 N–H and O–H groups in total. The van der Waals surface area contributed by atoms with Crippen LogP contribution in [0.25, 0.3) is 10.8 Å². The van der Waals surface area contributed by atoms with Crippen LogP contribution in [0.2, 0.25) is 0 Å². The highest BCUT2D eigenvalue weighted by atomic mass is 16.5. The van der Waals surface area contributed by atoms with E-state index in [4.69, 9.17) is 4.74 Å². The van der Waals surface area contributed by atoms with E-state index < -0.39 is 0 Å². The predicted molar refractivity (Wildman–Crippen MR) is 74.0 cm³/mol. The third kappa shape index (κ3) is 2.33. The van der Waals surface area contributed by atoms with Crippen LogP contribution in [0, 0.1) is 0 Å². The molecular weight excluding hydrogens is 226 g/mol. The topological polar surface area (TPSA) is 41.5 Å². The third-order valence-electron chi connectivity index (χ3n) is 3.27. The molecule has 2 rings (SSSR count). The number of ether oxygens (including phenoxy) is 1. The summed E-state index contributed by atoms with van der Waals surface area (Å²) in [6.07, 6.45) is 0.668. The lowest BCUT2D eigenvalue weighted by molar-refractivity contribution is 0.267. The van der Waals surface area contributed by atoms with Crippen LogP contribution >= 0.6 is 0 Å². The number of hydrogen-bond acceptors (Lipinski definition) is 3. The first-order chi connectivity index (χ1) is 8.81. The van der Waals surface area contributed by atoms with Gasteiger partial charge in [0.2, 0.25) is 0 Å². The highest BCUT2D eigenvalue weighted by molar-refractivity contribution is 5.88. The second kappa shape index (κ2) is 5.85. The van der Waals surface area contributed by atoms with Crippen molar-refractivity contribution in [2.75, 3.05) is 20.8 Å². The average molecular weight is 245 g/mol. The molecule has 0 fully saturated rings. The minimum Gasteiger partial charge on any atom is -0.496 e. The van der Waals surface area contributed by atoms with Gasteiger partial charge in [0, 0.05) is 18.2 Å². The van der Waals surface area contributed by atoms with Gasteiger partial charge in [0.15, 0.2) is 0 Å². The van der Waals surface area contributed by atoms with Crippen molar-refractivity contribution in [1.29, 1.82) is 0 Å². The summed E-state index contributed by atoms with van der Waals surface area (Å²) in [6.45, 7) is 0.151. The molecule has 0 radical (unpaired) electrons. The molecule has 3 heteroatoms. The summed E-state index contributed by atoms with van der Waals surface area (Å²) in [6, 6.07) is 12.4. The molecule has 0 heterocycles. The summed E-state index contributed by atoms with van der Waals surface area (Å²) >= 11 is 0. The minimum absolute atomic E-state index is 0.0936. The first-order valence-corrected chi connectivity index (χ1v) is 6.15. The zero-order chi connectivity index (χ0) is 13.0. The lowest BCUT2D eigenvalue weighted by Crippen LogP contribution is -2.18. The van der Waals surface area contributed by atoms with Crippen LogP contribution in [0.15, 0.2) is 36.4 Å². The van der Waals surface area contributed by atoms with Gasteiger partial charge in [-0.05, 0) is 30.3 Å². The molecule has 2 aromatic rings. The molecule has 96 valence electrons. The molecule has 1 unspecified atom stereocenters. The number of fused-ring (bicyclic) bond motifs is 1. The molecule has 0 bridgehead atoms. The van der Waals surface area contributed by atoms with Gasteiger partial charge in [0.1, 0.15) is 5.75 Å². The van der Waals surface area contributed by atoms with E-state index >= 15 is 0 Å². The van der Waals surface area contributed by atoms with E-state index in [0.717, 1.165) is 11.3 Å². The number of rotatable bonds is 5. The fourth-order valence-electron chi connectivity index (χ4n) is 2.38. The standard InChI is InChI=1S/C15H19NO2/c1-16-13(9-10-17)15-12-6-4-3-5-11(12)7-8-14(15)18-2/h3-8,13,16-17H,9-10H2,1-2H3. The molecule has 3 nitrogen and oxygen atoms in total. The van der Waals surface area contributed by atoms with Gasteiger partial charge in [0.05, 0.1) is 7.11 Å². The number of methoxy groups -OCH3 is 1. The van der Waals surface area contributed by atoms with Crippen molar-refractivity contribution in [3.05, 3.63) is 42.0 Å². The van der Waals surface area contributed by atoms with Crippen LogP contribution in [-0.2, 0) is 0 Å². The third-order valence-corrected chi connectivity index (χ3v) is 3.27. The lowest BCUT2D eigenvalue weighted by atomic mass is 9.96. The molecule has 0 spiro atoms. The van der Waals surface area contributed by atoms with Crippen molar-refractivity contribution in [3.8, 4) is 5.75 Å². The van der Waals surface area contributed by atoms with Gasteiger partial charge < -0.3 is 15.2 Å². The Kier molecular flexibility index (Phi) is 4.18. The Labute approximate surface area is 107 Å². The Morgan fingerprint density at radius 1 is 1.22 bits per heavy atom. The van der Waals surface area contributed by atoms with Crippen LogP contribution in [0.3, 0.4) is 0 Å².